The van der Waals surface area contributed by atoms with Crippen molar-refractivity contribution in [2.24, 2.45) is 5.92 Å². The summed E-state index contributed by atoms with van der Waals surface area (Å²) in [6, 6.07) is 0. The molecule has 0 radical (unpaired) electrons. The largest absolute Gasteiger partial charge is 0.464 e. The van der Waals surface area contributed by atoms with Gasteiger partial charge in [0.25, 0.3) is 0 Å². The predicted octanol–water partition coefficient (Wildman–Crippen LogP) is 5.00. The Morgan fingerprint density at radius 2 is 1.16 bits per heavy atom. The van der Waals surface area contributed by atoms with E-state index in [2.05, 4.69) is 13.8 Å². The van der Waals surface area contributed by atoms with E-state index >= 15 is 0 Å². The molecule has 0 spiro atoms. The molecule has 0 heterocycles. The van der Waals surface area contributed by atoms with Crippen LogP contribution in [0.15, 0.2) is 0 Å². The number of esters is 1. The third-order valence-electron chi connectivity index (χ3n) is 4.62. The van der Waals surface area contributed by atoms with Crippen molar-refractivity contribution < 1.29 is 19.7 Å². The third kappa shape index (κ3) is 18.0. The van der Waals surface area contributed by atoms with Crippen molar-refractivity contribution in [3.8, 4) is 0 Å². The van der Waals surface area contributed by atoms with Crippen LogP contribution in [0.5, 0.6) is 0 Å². The summed E-state index contributed by atoms with van der Waals surface area (Å²) in [6.45, 7) is 4.38. The van der Waals surface area contributed by atoms with Gasteiger partial charge in [-0.25, -0.2) is 4.79 Å². The Kier molecular flexibility index (Phi) is 17.7. The second kappa shape index (κ2) is 18.2. The molecular formula is C21H42O4. The van der Waals surface area contributed by atoms with Crippen LogP contribution in [-0.2, 0) is 9.53 Å². The molecule has 0 aromatic rings. The van der Waals surface area contributed by atoms with Crippen LogP contribution in [0.25, 0.3) is 0 Å². The monoisotopic (exact) mass is 358 g/mol. The Morgan fingerprint density at radius 3 is 1.56 bits per heavy atom. The third-order valence-corrected chi connectivity index (χ3v) is 4.62. The standard InChI is InChI=1S/C21H42O4/c1-19(2)16-14-12-10-8-6-4-3-5-7-9-11-13-15-17-25-21(24)20(23)18-22/h19-20,22-23H,3-18H2,1-2H3. The molecule has 0 saturated heterocycles. The zero-order valence-corrected chi connectivity index (χ0v) is 16.7. The van der Waals surface area contributed by atoms with Gasteiger partial charge in [0, 0.05) is 0 Å². The summed E-state index contributed by atoms with van der Waals surface area (Å²) in [5.74, 6) is 0.136. The number of carbonyl (C=O) groups excluding carboxylic acids is 1. The molecule has 0 aromatic carbocycles. The molecule has 0 aromatic heterocycles. The van der Waals surface area contributed by atoms with Gasteiger partial charge in [-0.05, 0) is 12.3 Å². The van der Waals surface area contributed by atoms with Crippen molar-refractivity contribution in [3.63, 3.8) is 0 Å². The second-order valence-corrected chi connectivity index (χ2v) is 7.64. The highest BCUT2D eigenvalue weighted by Gasteiger charge is 2.14. The van der Waals surface area contributed by atoms with Crippen LogP contribution in [0.2, 0.25) is 0 Å². The van der Waals surface area contributed by atoms with Gasteiger partial charge in [0.1, 0.15) is 0 Å². The van der Waals surface area contributed by atoms with Crippen LogP contribution in [0.1, 0.15) is 104 Å². The van der Waals surface area contributed by atoms with Gasteiger partial charge in [-0.1, -0.05) is 97.3 Å². The maximum Gasteiger partial charge on any atom is 0.337 e. The fourth-order valence-corrected chi connectivity index (χ4v) is 2.94. The van der Waals surface area contributed by atoms with E-state index in [9.17, 15) is 4.79 Å². The van der Waals surface area contributed by atoms with Crippen molar-refractivity contribution in [3.05, 3.63) is 0 Å². The first-order valence-corrected chi connectivity index (χ1v) is 10.5. The van der Waals surface area contributed by atoms with Crippen LogP contribution in [0, 0.1) is 5.92 Å². The number of aliphatic hydroxyl groups is 2. The smallest absolute Gasteiger partial charge is 0.337 e. The minimum atomic E-state index is -1.39. The molecule has 0 rings (SSSR count). The molecule has 4 nitrogen and oxygen atoms in total. The maximum absolute atomic E-state index is 11.1. The topological polar surface area (TPSA) is 66.8 Å². The van der Waals surface area contributed by atoms with E-state index in [-0.39, 0.29) is 0 Å². The zero-order chi connectivity index (χ0) is 18.8. The Bertz CT molecular complexity index is 292. The lowest BCUT2D eigenvalue weighted by atomic mass is 10.0. The second-order valence-electron chi connectivity index (χ2n) is 7.64. The Morgan fingerprint density at radius 1 is 0.760 bits per heavy atom. The van der Waals surface area contributed by atoms with Crippen molar-refractivity contribution >= 4 is 5.97 Å². The average Bonchev–Trinajstić information content (AvgIpc) is 2.60. The van der Waals surface area contributed by atoms with E-state index in [0.717, 1.165) is 18.8 Å². The van der Waals surface area contributed by atoms with Crippen molar-refractivity contribution in [1.82, 2.24) is 0 Å². The Hall–Kier alpha value is -0.610. The van der Waals surface area contributed by atoms with E-state index < -0.39 is 18.7 Å². The molecule has 0 bridgehead atoms. The number of hydrogen-bond acceptors (Lipinski definition) is 4. The number of unbranched alkanes of at least 4 members (excludes halogenated alkanes) is 12. The van der Waals surface area contributed by atoms with Gasteiger partial charge in [-0.15, -0.1) is 0 Å². The van der Waals surface area contributed by atoms with E-state index in [1.165, 1.54) is 77.0 Å². The minimum absolute atomic E-state index is 0.340. The van der Waals surface area contributed by atoms with Crippen LogP contribution in [0.3, 0.4) is 0 Å². The molecule has 150 valence electrons. The van der Waals surface area contributed by atoms with E-state index in [4.69, 9.17) is 14.9 Å². The molecule has 0 saturated carbocycles. The van der Waals surface area contributed by atoms with Crippen LogP contribution >= 0.6 is 0 Å². The first-order chi connectivity index (χ1) is 12.1. The average molecular weight is 359 g/mol. The SMILES string of the molecule is CC(C)CCCCCCCCCCCCCCCOC(=O)C(O)CO. The van der Waals surface area contributed by atoms with Crippen LogP contribution in [0.4, 0.5) is 0 Å². The first kappa shape index (κ1) is 24.4. The molecular weight excluding hydrogens is 316 g/mol. The summed E-state index contributed by atoms with van der Waals surface area (Å²) < 4.78 is 4.86. The molecule has 0 aliphatic carbocycles. The van der Waals surface area contributed by atoms with Gasteiger partial charge in [-0.3, -0.25) is 0 Å². The summed E-state index contributed by atoms with van der Waals surface area (Å²) in [4.78, 5) is 11.1. The molecule has 0 aliphatic heterocycles. The van der Waals surface area contributed by atoms with E-state index in [1.54, 1.807) is 0 Å². The number of carbonyl (C=O) groups is 1. The highest BCUT2D eigenvalue weighted by molar-refractivity contribution is 5.74. The van der Waals surface area contributed by atoms with Gasteiger partial charge in [0.05, 0.1) is 13.2 Å². The minimum Gasteiger partial charge on any atom is -0.464 e. The number of hydrogen-bond donors (Lipinski definition) is 2. The van der Waals surface area contributed by atoms with Crippen LogP contribution in [-0.4, -0.2) is 35.5 Å². The fraction of sp³-hybridized carbons (Fsp3) is 0.952. The molecule has 25 heavy (non-hydrogen) atoms. The molecule has 0 amide bonds. The summed E-state index contributed by atoms with van der Waals surface area (Å²) in [5, 5.41) is 17.6. The van der Waals surface area contributed by atoms with Crippen molar-refractivity contribution in [2.75, 3.05) is 13.2 Å². The number of rotatable bonds is 18. The molecule has 1 atom stereocenters. The van der Waals surface area contributed by atoms with Gasteiger partial charge in [0.2, 0.25) is 0 Å². The van der Waals surface area contributed by atoms with E-state index in [0.29, 0.717) is 6.61 Å². The summed E-state index contributed by atoms with van der Waals surface area (Å²) in [5.41, 5.74) is 0. The Balaban J connectivity index is 3.11. The maximum atomic E-state index is 11.1. The molecule has 0 aliphatic rings. The summed E-state index contributed by atoms with van der Waals surface area (Å²) in [6.07, 6.45) is 16.7. The predicted molar refractivity (Wildman–Crippen MR) is 104 cm³/mol. The molecule has 1 unspecified atom stereocenters. The highest BCUT2D eigenvalue weighted by Crippen LogP contribution is 2.14. The van der Waals surface area contributed by atoms with Gasteiger partial charge >= 0.3 is 5.97 Å². The van der Waals surface area contributed by atoms with Gasteiger partial charge in [0.15, 0.2) is 6.10 Å². The normalized spacial score (nSPS) is 12.5. The van der Waals surface area contributed by atoms with Crippen LogP contribution < -0.4 is 0 Å². The lowest BCUT2D eigenvalue weighted by Gasteiger charge is -2.08. The van der Waals surface area contributed by atoms with Gasteiger partial charge in [-0.2, -0.15) is 0 Å². The van der Waals surface area contributed by atoms with E-state index in [1.807, 2.05) is 0 Å². The summed E-state index contributed by atoms with van der Waals surface area (Å²) >= 11 is 0. The number of ether oxygens (including phenoxy) is 1. The fourth-order valence-electron chi connectivity index (χ4n) is 2.94. The lowest BCUT2D eigenvalue weighted by Crippen LogP contribution is -2.26. The van der Waals surface area contributed by atoms with Crippen molar-refractivity contribution in [2.45, 2.75) is 110 Å². The molecule has 0 fully saturated rings. The lowest BCUT2D eigenvalue weighted by molar-refractivity contribution is -0.155. The Labute approximate surface area is 155 Å². The highest BCUT2D eigenvalue weighted by atomic mass is 16.5. The zero-order valence-electron chi connectivity index (χ0n) is 16.7. The molecule has 4 heteroatoms. The van der Waals surface area contributed by atoms with Gasteiger partial charge < -0.3 is 14.9 Å². The number of aliphatic hydroxyl groups excluding tert-OH is 2. The van der Waals surface area contributed by atoms with Crippen molar-refractivity contribution in [1.29, 1.82) is 0 Å². The first-order valence-electron chi connectivity index (χ1n) is 10.5. The summed E-state index contributed by atoms with van der Waals surface area (Å²) in [7, 11) is 0. The quantitative estimate of drug-likeness (QED) is 0.267. The molecule has 2 N–H and O–H groups in total.